The van der Waals surface area contributed by atoms with E-state index in [0.717, 1.165) is 15.8 Å². The Morgan fingerprint density at radius 3 is 2.95 bits per heavy atom. The summed E-state index contributed by atoms with van der Waals surface area (Å²) in [6.07, 6.45) is 1.52. The van der Waals surface area contributed by atoms with E-state index >= 15 is 0 Å². The second-order valence-corrected chi connectivity index (χ2v) is 6.62. The van der Waals surface area contributed by atoms with Crippen LogP contribution in [0.25, 0.3) is 0 Å². The molecule has 0 fully saturated rings. The molecule has 0 aliphatic carbocycles. The van der Waals surface area contributed by atoms with Crippen LogP contribution in [-0.2, 0) is 6.54 Å². The zero-order chi connectivity index (χ0) is 13.7. The molecule has 2 aromatic rings. The third-order valence-electron chi connectivity index (χ3n) is 2.47. The molecule has 0 spiro atoms. The Bertz CT molecular complexity index is 515. The number of aromatic nitrogens is 2. The van der Waals surface area contributed by atoms with Gasteiger partial charge in [-0.1, -0.05) is 31.7 Å². The maximum atomic E-state index is 13.9. The van der Waals surface area contributed by atoms with Crippen molar-refractivity contribution >= 4 is 23.3 Å². The number of hydrogen-bond donors (Lipinski definition) is 1. The van der Waals surface area contributed by atoms with E-state index < -0.39 is 0 Å². The number of nitrogens with zero attached hydrogens (tertiary/aromatic N) is 2. The molecule has 1 aromatic heterocycles. The standard InChI is InChI=1S/C13H16FN3S2/c1-9(2)6-15-7-10-11(14)4-3-5-12(10)18-13-16-8-17-19-13/h3-5,8-9,15H,6-7H2,1-2H3. The SMILES string of the molecule is CC(C)CNCc1c(F)cccc1Sc1ncns1. The minimum absolute atomic E-state index is 0.175. The van der Waals surface area contributed by atoms with Crippen molar-refractivity contribution in [1.29, 1.82) is 0 Å². The molecule has 0 amide bonds. The summed E-state index contributed by atoms with van der Waals surface area (Å²) in [7, 11) is 0. The van der Waals surface area contributed by atoms with Crippen molar-refractivity contribution in [1.82, 2.24) is 14.7 Å². The molecule has 2 rings (SSSR count). The second-order valence-electron chi connectivity index (χ2n) is 4.55. The molecule has 0 radical (unpaired) electrons. The lowest BCUT2D eigenvalue weighted by Crippen LogP contribution is -2.20. The molecule has 0 bridgehead atoms. The molecule has 1 N–H and O–H groups in total. The summed E-state index contributed by atoms with van der Waals surface area (Å²) in [6.45, 7) is 5.67. The van der Waals surface area contributed by atoms with Crippen LogP contribution in [0, 0.1) is 11.7 Å². The molecule has 0 aliphatic rings. The number of nitrogens with one attached hydrogen (secondary N) is 1. The maximum absolute atomic E-state index is 13.9. The van der Waals surface area contributed by atoms with E-state index in [9.17, 15) is 4.39 Å². The first-order chi connectivity index (χ1) is 9.16. The van der Waals surface area contributed by atoms with Crippen LogP contribution in [0.15, 0.2) is 33.8 Å². The van der Waals surface area contributed by atoms with Gasteiger partial charge in [0.15, 0.2) is 4.34 Å². The Hall–Kier alpha value is -0.980. The molecule has 1 heterocycles. The number of rotatable bonds is 6. The Morgan fingerprint density at radius 2 is 2.26 bits per heavy atom. The highest BCUT2D eigenvalue weighted by molar-refractivity contribution is 8.01. The van der Waals surface area contributed by atoms with Crippen molar-refractivity contribution in [3.8, 4) is 0 Å². The number of hydrogen-bond acceptors (Lipinski definition) is 5. The summed E-state index contributed by atoms with van der Waals surface area (Å²) in [4.78, 5) is 5.01. The van der Waals surface area contributed by atoms with Gasteiger partial charge in [0, 0.05) is 17.0 Å². The lowest BCUT2D eigenvalue weighted by atomic mass is 10.2. The Kier molecular flexibility index (Phi) is 5.30. The molecule has 3 nitrogen and oxygen atoms in total. The first-order valence-electron chi connectivity index (χ1n) is 6.09. The summed E-state index contributed by atoms with van der Waals surface area (Å²) >= 11 is 2.78. The van der Waals surface area contributed by atoms with Crippen LogP contribution >= 0.6 is 23.3 Å². The van der Waals surface area contributed by atoms with Gasteiger partial charge in [-0.15, -0.1) is 0 Å². The number of benzene rings is 1. The minimum atomic E-state index is -0.175. The molecular formula is C13H16FN3S2. The molecule has 0 atom stereocenters. The van der Waals surface area contributed by atoms with Crippen molar-refractivity contribution in [2.45, 2.75) is 29.6 Å². The van der Waals surface area contributed by atoms with E-state index in [2.05, 4.69) is 28.5 Å². The Balaban J connectivity index is 2.11. The lowest BCUT2D eigenvalue weighted by Gasteiger charge is -2.11. The fourth-order valence-corrected chi connectivity index (χ4v) is 3.15. The summed E-state index contributed by atoms with van der Waals surface area (Å²) in [6, 6.07) is 5.14. The van der Waals surface area contributed by atoms with E-state index in [1.165, 1.54) is 35.7 Å². The molecule has 0 saturated heterocycles. The predicted molar refractivity (Wildman–Crippen MR) is 77.0 cm³/mol. The molecule has 1 aromatic carbocycles. The van der Waals surface area contributed by atoms with Gasteiger partial charge in [-0.05, 0) is 36.1 Å². The van der Waals surface area contributed by atoms with Gasteiger partial charge in [-0.25, -0.2) is 9.37 Å². The van der Waals surface area contributed by atoms with Gasteiger partial charge in [0.05, 0.1) is 0 Å². The highest BCUT2D eigenvalue weighted by Crippen LogP contribution is 2.32. The van der Waals surface area contributed by atoms with Crippen LogP contribution in [0.4, 0.5) is 4.39 Å². The summed E-state index contributed by atoms with van der Waals surface area (Å²) in [5, 5.41) is 3.28. The second kappa shape index (κ2) is 6.98. The van der Waals surface area contributed by atoms with Crippen LogP contribution in [0.3, 0.4) is 0 Å². The topological polar surface area (TPSA) is 37.8 Å². The van der Waals surface area contributed by atoms with E-state index in [1.54, 1.807) is 6.07 Å². The average Bonchev–Trinajstić information content (AvgIpc) is 2.85. The van der Waals surface area contributed by atoms with Gasteiger partial charge in [0.25, 0.3) is 0 Å². The van der Waals surface area contributed by atoms with Gasteiger partial charge < -0.3 is 5.32 Å². The summed E-state index contributed by atoms with van der Waals surface area (Å²) < 4.78 is 18.7. The van der Waals surface area contributed by atoms with Crippen molar-refractivity contribution in [3.63, 3.8) is 0 Å². The van der Waals surface area contributed by atoms with Crippen molar-refractivity contribution < 1.29 is 4.39 Å². The minimum Gasteiger partial charge on any atom is -0.312 e. The molecule has 19 heavy (non-hydrogen) atoms. The molecule has 0 saturated carbocycles. The summed E-state index contributed by atoms with van der Waals surface area (Å²) in [5.74, 6) is 0.372. The van der Waals surface area contributed by atoms with Gasteiger partial charge in [0.1, 0.15) is 12.1 Å². The van der Waals surface area contributed by atoms with Gasteiger partial charge >= 0.3 is 0 Å². The fraction of sp³-hybridized carbons (Fsp3) is 0.385. The largest absolute Gasteiger partial charge is 0.312 e. The third kappa shape index (κ3) is 4.26. The van der Waals surface area contributed by atoms with E-state index in [4.69, 9.17) is 0 Å². The zero-order valence-corrected chi connectivity index (χ0v) is 12.5. The fourth-order valence-electron chi connectivity index (χ4n) is 1.59. The van der Waals surface area contributed by atoms with Crippen LogP contribution in [0.5, 0.6) is 0 Å². The Labute approximate surface area is 120 Å². The average molecular weight is 297 g/mol. The van der Waals surface area contributed by atoms with E-state index in [0.29, 0.717) is 18.0 Å². The van der Waals surface area contributed by atoms with E-state index in [1.807, 2.05) is 6.07 Å². The molecular weight excluding hydrogens is 281 g/mol. The van der Waals surface area contributed by atoms with Crippen LogP contribution in [0.2, 0.25) is 0 Å². The molecule has 102 valence electrons. The van der Waals surface area contributed by atoms with Crippen LogP contribution in [0.1, 0.15) is 19.4 Å². The highest BCUT2D eigenvalue weighted by Gasteiger charge is 2.11. The van der Waals surface area contributed by atoms with Crippen LogP contribution < -0.4 is 5.32 Å². The molecule has 0 unspecified atom stereocenters. The maximum Gasteiger partial charge on any atom is 0.174 e. The van der Waals surface area contributed by atoms with Crippen molar-refractivity contribution in [2.75, 3.05) is 6.54 Å². The molecule has 0 aliphatic heterocycles. The summed E-state index contributed by atoms with van der Waals surface area (Å²) in [5.41, 5.74) is 0.698. The Morgan fingerprint density at radius 1 is 1.42 bits per heavy atom. The first-order valence-corrected chi connectivity index (χ1v) is 7.68. The van der Waals surface area contributed by atoms with Crippen LogP contribution in [-0.4, -0.2) is 15.9 Å². The first kappa shape index (κ1) is 14.4. The smallest absolute Gasteiger partial charge is 0.174 e. The normalized spacial score (nSPS) is 11.2. The van der Waals surface area contributed by atoms with E-state index in [-0.39, 0.29) is 5.82 Å². The van der Waals surface area contributed by atoms with Gasteiger partial charge in [-0.3, -0.25) is 0 Å². The lowest BCUT2D eigenvalue weighted by molar-refractivity contribution is 0.530. The van der Waals surface area contributed by atoms with Crippen molar-refractivity contribution in [2.24, 2.45) is 5.92 Å². The third-order valence-corrected chi connectivity index (χ3v) is 4.29. The molecule has 6 heteroatoms. The number of halogens is 1. The highest BCUT2D eigenvalue weighted by atomic mass is 32.2. The monoisotopic (exact) mass is 297 g/mol. The zero-order valence-electron chi connectivity index (χ0n) is 10.9. The van der Waals surface area contributed by atoms with Gasteiger partial charge in [-0.2, -0.15) is 4.37 Å². The quantitative estimate of drug-likeness (QED) is 0.884. The van der Waals surface area contributed by atoms with Gasteiger partial charge in [0.2, 0.25) is 0 Å². The predicted octanol–water partition coefficient (Wildman–Crippen LogP) is 3.57. The van der Waals surface area contributed by atoms with Crippen molar-refractivity contribution in [3.05, 3.63) is 35.9 Å².